The molecule has 17 heavy (non-hydrogen) atoms. The van der Waals surface area contributed by atoms with E-state index in [4.69, 9.17) is 4.74 Å². The van der Waals surface area contributed by atoms with Crippen molar-refractivity contribution in [2.24, 2.45) is 0 Å². The van der Waals surface area contributed by atoms with Crippen LogP contribution in [0, 0.1) is 6.92 Å². The molecule has 0 atom stereocenters. The van der Waals surface area contributed by atoms with Crippen LogP contribution < -0.4 is 49.6 Å². The smallest absolute Gasteiger partial charge is 1.00 e. The van der Waals surface area contributed by atoms with Gasteiger partial charge in [0.1, 0.15) is 0 Å². The number of halogens is 4. The van der Waals surface area contributed by atoms with Gasteiger partial charge >= 0.3 is 26.2 Å². The summed E-state index contributed by atoms with van der Waals surface area (Å²) in [7, 11) is 0. The van der Waals surface area contributed by atoms with Crippen molar-refractivity contribution in [3.63, 3.8) is 0 Å². The Kier molecular flexibility index (Phi) is 64.6. The Labute approximate surface area is 149 Å². The molecule has 0 heterocycles. The van der Waals surface area contributed by atoms with E-state index in [2.05, 4.69) is 19.1 Å². The van der Waals surface area contributed by atoms with Gasteiger partial charge in [0.2, 0.25) is 0 Å². The van der Waals surface area contributed by atoms with Crippen LogP contribution in [0.1, 0.15) is 19.4 Å². The van der Waals surface area contributed by atoms with Gasteiger partial charge in [0.15, 0.2) is 0 Å². The molecule has 0 aliphatic carbocycles. The summed E-state index contributed by atoms with van der Waals surface area (Å²) in [5.74, 6) is 0. The van der Waals surface area contributed by atoms with Gasteiger partial charge in [0, 0.05) is 13.2 Å². The van der Waals surface area contributed by atoms with E-state index in [1.54, 1.807) is 0 Å². The van der Waals surface area contributed by atoms with Gasteiger partial charge in [-0.3, -0.25) is 0 Å². The topological polar surface area (TPSA) is 9.23 Å². The standard InChI is InChI=1S/C7H8.C4H10O.4ClH.Zr/c1-7-5-3-2-4-6-7;1-3-5-4-2;;;;;/h2-6H,1H3;3-4H2,1-2H3;4*1H;/q;;;;;;+4/p-4. The summed E-state index contributed by atoms with van der Waals surface area (Å²) in [5.41, 5.74) is 1.32. The minimum absolute atomic E-state index is 0. The Morgan fingerprint density at radius 2 is 1.18 bits per heavy atom. The molecule has 0 aromatic heterocycles. The molecule has 0 amide bonds. The number of hydrogen-bond acceptors (Lipinski definition) is 1. The summed E-state index contributed by atoms with van der Waals surface area (Å²) in [5, 5.41) is 0. The van der Waals surface area contributed by atoms with E-state index >= 15 is 0 Å². The third-order valence-corrected chi connectivity index (χ3v) is 1.35. The van der Waals surface area contributed by atoms with E-state index in [-0.39, 0.29) is 75.8 Å². The maximum absolute atomic E-state index is 4.83. The molecule has 0 saturated carbocycles. The molecule has 0 fully saturated rings. The minimum atomic E-state index is 0. The molecule has 1 nitrogen and oxygen atoms in total. The fraction of sp³-hybridized carbons (Fsp3) is 0.455. The van der Waals surface area contributed by atoms with E-state index in [9.17, 15) is 0 Å². The Balaban J connectivity index is -0.0000000284. The van der Waals surface area contributed by atoms with Crippen LogP contribution in [0.2, 0.25) is 0 Å². The molecule has 1 aromatic carbocycles. The van der Waals surface area contributed by atoms with Crippen LogP contribution in [-0.4, -0.2) is 13.2 Å². The third kappa shape index (κ3) is 31.7. The van der Waals surface area contributed by atoms with Crippen molar-refractivity contribution in [1.29, 1.82) is 0 Å². The number of aryl methyl sites for hydroxylation is 1. The van der Waals surface area contributed by atoms with Gasteiger partial charge in [0.25, 0.3) is 0 Å². The molecule has 0 N–H and O–H groups in total. The maximum Gasteiger partial charge on any atom is 4.00 e. The fourth-order valence-corrected chi connectivity index (χ4v) is 0.739. The Morgan fingerprint density at radius 1 is 0.824 bits per heavy atom. The predicted molar refractivity (Wildman–Crippen MR) is 53.3 cm³/mol. The van der Waals surface area contributed by atoms with Crippen molar-refractivity contribution >= 4 is 0 Å². The molecule has 0 saturated heterocycles. The third-order valence-electron chi connectivity index (χ3n) is 1.35. The van der Waals surface area contributed by atoms with Gasteiger partial charge in [-0.25, -0.2) is 0 Å². The molecule has 0 spiro atoms. The molecule has 6 heteroatoms. The quantitative estimate of drug-likeness (QED) is 0.480. The molecular formula is C11H18Cl4OZr. The molecule has 1 aromatic rings. The number of rotatable bonds is 2. The second kappa shape index (κ2) is 30.3. The van der Waals surface area contributed by atoms with E-state index in [1.165, 1.54) is 5.56 Å². The van der Waals surface area contributed by atoms with Gasteiger partial charge in [-0.15, -0.1) is 0 Å². The molecule has 0 aliphatic heterocycles. The van der Waals surface area contributed by atoms with Crippen LogP contribution in [0.25, 0.3) is 0 Å². The van der Waals surface area contributed by atoms with Crippen LogP contribution in [-0.2, 0) is 30.9 Å². The van der Waals surface area contributed by atoms with Gasteiger partial charge < -0.3 is 54.4 Å². The SMILES string of the molecule is CCOCC.Cc1ccccc1.[Cl-].[Cl-].[Cl-].[Cl-].[Zr+4]. The van der Waals surface area contributed by atoms with Gasteiger partial charge in [0.05, 0.1) is 0 Å². The van der Waals surface area contributed by atoms with Crippen LogP contribution in [0.3, 0.4) is 0 Å². The molecule has 1 rings (SSSR count). The van der Waals surface area contributed by atoms with Gasteiger partial charge in [-0.05, 0) is 20.8 Å². The Morgan fingerprint density at radius 3 is 1.29 bits per heavy atom. The summed E-state index contributed by atoms with van der Waals surface area (Å²) < 4.78 is 4.83. The average Bonchev–Trinajstić information content (AvgIpc) is 2.08. The van der Waals surface area contributed by atoms with Crippen molar-refractivity contribution in [3.8, 4) is 0 Å². The monoisotopic (exact) mass is 396 g/mol. The molecule has 0 bridgehead atoms. The largest absolute Gasteiger partial charge is 4.00 e. The average molecular weight is 399 g/mol. The zero-order chi connectivity index (χ0) is 9.23. The first-order valence-corrected chi connectivity index (χ1v) is 4.40. The van der Waals surface area contributed by atoms with Crippen molar-refractivity contribution in [1.82, 2.24) is 0 Å². The van der Waals surface area contributed by atoms with Crippen LogP contribution >= 0.6 is 0 Å². The second-order valence-corrected chi connectivity index (χ2v) is 2.44. The summed E-state index contributed by atoms with van der Waals surface area (Å²) in [6.07, 6.45) is 0. The van der Waals surface area contributed by atoms with E-state index in [0.717, 1.165) is 13.2 Å². The molecule has 0 aliphatic rings. The summed E-state index contributed by atoms with van der Waals surface area (Å²) in [6.45, 7) is 7.75. The van der Waals surface area contributed by atoms with E-state index in [1.807, 2.05) is 32.0 Å². The van der Waals surface area contributed by atoms with Crippen molar-refractivity contribution < 1.29 is 80.6 Å². The summed E-state index contributed by atoms with van der Waals surface area (Å²) >= 11 is 0. The minimum Gasteiger partial charge on any atom is -1.00 e. The normalized spacial score (nSPS) is 6.06. The molecule has 0 radical (unpaired) electrons. The first-order valence-electron chi connectivity index (χ1n) is 4.40. The predicted octanol–water partition coefficient (Wildman–Crippen LogP) is -8.95. The van der Waals surface area contributed by atoms with Crippen molar-refractivity contribution in [2.75, 3.05) is 13.2 Å². The zero-order valence-electron chi connectivity index (χ0n) is 10.2. The molecule has 100 valence electrons. The Bertz CT molecular complexity index is 186. The van der Waals surface area contributed by atoms with Crippen LogP contribution in [0.15, 0.2) is 30.3 Å². The molecule has 0 unspecified atom stereocenters. The van der Waals surface area contributed by atoms with Gasteiger partial charge in [-0.2, -0.15) is 0 Å². The van der Waals surface area contributed by atoms with E-state index in [0.29, 0.717) is 0 Å². The van der Waals surface area contributed by atoms with Crippen molar-refractivity contribution in [2.45, 2.75) is 20.8 Å². The number of benzene rings is 1. The zero-order valence-corrected chi connectivity index (χ0v) is 15.7. The van der Waals surface area contributed by atoms with E-state index < -0.39 is 0 Å². The fourth-order valence-electron chi connectivity index (χ4n) is 0.739. The van der Waals surface area contributed by atoms with Crippen molar-refractivity contribution in [3.05, 3.63) is 35.9 Å². The molecular weight excluding hydrogens is 381 g/mol. The second-order valence-electron chi connectivity index (χ2n) is 2.44. The maximum atomic E-state index is 4.83. The number of hydrogen-bond donors (Lipinski definition) is 0. The first-order chi connectivity index (χ1) is 5.81. The summed E-state index contributed by atoms with van der Waals surface area (Å²) in [6, 6.07) is 10.3. The first kappa shape index (κ1) is 36.2. The Hall–Kier alpha value is 1.22. The van der Waals surface area contributed by atoms with Gasteiger partial charge in [-0.1, -0.05) is 35.9 Å². The van der Waals surface area contributed by atoms with Crippen LogP contribution in [0.5, 0.6) is 0 Å². The summed E-state index contributed by atoms with van der Waals surface area (Å²) in [4.78, 5) is 0. The van der Waals surface area contributed by atoms with Crippen LogP contribution in [0.4, 0.5) is 0 Å². The number of ether oxygens (including phenoxy) is 1.